The fourth-order valence-corrected chi connectivity index (χ4v) is 5.60. The highest BCUT2D eigenvalue weighted by Crippen LogP contribution is 2.46. The molecule has 3 aliphatic rings. The summed E-state index contributed by atoms with van der Waals surface area (Å²) in [6.07, 6.45) is 9.10. The number of imide groups is 1. The lowest BCUT2D eigenvalue weighted by atomic mass is 9.87. The number of nitrogens with zero attached hydrogens (tertiary/aromatic N) is 3. The summed E-state index contributed by atoms with van der Waals surface area (Å²) in [6, 6.07) is 11.8. The first kappa shape index (κ1) is 19.5. The SMILES string of the molecule is CN1C(=O)[C@@H]2[C@H](C1=O)[C@H](/C=C/c1ccc(-c3ccccc3Cl)cn1)N1CCCC[C@@H]21. The average molecular weight is 422 g/mol. The van der Waals surface area contributed by atoms with Crippen molar-refractivity contribution in [1.82, 2.24) is 14.8 Å². The molecule has 0 radical (unpaired) electrons. The molecule has 6 heteroatoms. The number of rotatable bonds is 3. The Morgan fingerprint density at radius 3 is 2.63 bits per heavy atom. The predicted octanol–water partition coefficient (Wildman–Crippen LogP) is 3.88. The summed E-state index contributed by atoms with van der Waals surface area (Å²) in [7, 11) is 1.62. The van der Waals surface area contributed by atoms with E-state index < -0.39 is 0 Å². The van der Waals surface area contributed by atoms with Crippen LogP contribution in [0.3, 0.4) is 0 Å². The van der Waals surface area contributed by atoms with Crippen LogP contribution in [0.4, 0.5) is 0 Å². The first-order valence-corrected chi connectivity index (χ1v) is 10.9. The lowest BCUT2D eigenvalue weighted by molar-refractivity contribution is -0.139. The number of carbonyl (C=O) groups excluding carboxylic acids is 2. The van der Waals surface area contributed by atoms with Crippen LogP contribution in [0.25, 0.3) is 17.2 Å². The minimum Gasteiger partial charge on any atom is -0.292 e. The Kier molecular flexibility index (Phi) is 4.95. The average Bonchev–Trinajstić information content (AvgIpc) is 3.21. The Labute approximate surface area is 181 Å². The minimum absolute atomic E-state index is 0.0139. The molecule has 0 unspecified atom stereocenters. The van der Waals surface area contributed by atoms with Crippen molar-refractivity contribution >= 4 is 29.5 Å². The third-order valence-corrected chi connectivity index (χ3v) is 7.14. The Morgan fingerprint density at radius 1 is 1.07 bits per heavy atom. The monoisotopic (exact) mass is 421 g/mol. The van der Waals surface area contributed by atoms with Crippen molar-refractivity contribution < 1.29 is 9.59 Å². The van der Waals surface area contributed by atoms with E-state index in [1.54, 1.807) is 7.05 Å². The molecule has 154 valence electrons. The van der Waals surface area contributed by atoms with E-state index in [1.165, 1.54) is 4.90 Å². The van der Waals surface area contributed by atoms with Crippen LogP contribution in [0.15, 0.2) is 48.7 Å². The smallest absolute Gasteiger partial charge is 0.234 e. The number of piperidine rings is 1. The molecule has 0 aliphatic carbocycles. The van der Waals surface area contributed by atoms with Gasteiger partial charge in [0.05, 0.1) is 17.5 Å². The quantitative estimate of drug-likeness (QED) is 0.706. The first-order chi connectivity index (χ1) is 14.6. The maximum atomic E-state index is 12.8. The second kappa shape index (κ2) is 7.64. The van der Waals surface area contributed by atoms with E-state index in [1.807, 2.05) is 48.7 Å². The molecule has 3 fully saturated rings. The van der Waals surface area contributed by atoms with Crippen LogP contribution >= 0.6 is 11.6 Å². The molecule has 5 nitrogen and oxygen atoms in total. The van der Waals surface area contributed by atoms with Crippen LogP contribution in [-0.2, 0) is 9.59 Å². The fourth-order valence-electron chi connectivity index (χ4n) is 5.35. The van der Waals surface area contributed by atoms with Crippen LogP contribution in [0.5, 0.6) is 0 Å². The van der Waals surface area contributed by atoms with Crippen molar-refractivity contribution in [2.75, 3.05) is 13.6 Å². The van der Waals surface area contributed by atoms with E-state index in [0.29, 0.717) is 5.02 Å². The van der Waals surface area contributed by atoms with Crippen LogP contribution in [0, 0.1) is 11.8 Å². The van der Waals surface area contributed by atoms with Gasteiger partial charge in [-0.05, 0) is 37.6 Å². The molecule has 2 amide bonds. The second-order valence-electron chi connectivity index (χ2n) is 8.39. The van der Waals surface area contributed by atoms with Crippen molar-refractivity contribution in [3.63, 3.8) is 0 Å². The number of carbonyl (C=O) groups is 2. The van der Waals surface area contributed by atoms with E-state index in [2.05, 4.69) is 16.0 Å². The zero-order valence-corrected chi connectivity index (χ0v) is 17.6. The predicted molar refractivity (Wildman–Crippen MR) is 117 cm³/mol. The number of hydrogen-bond donors (Lipinski definition) is 0. The van der Waals surface area contributed by atoms with Gasteiger partial charge in [-0.1, -0.05) is 48.4 Å². The van der Waals surface area contributed by atoms with E-state index in [9.17, 15) is 9.59 Å². The minimum atomic E-state index is -0.274. The lowest BCUT2D eigenvalue weighted by Crippen LogP contribution is -2.45. The first-order valence-electron chi connectivity index (χ1n) is 10.5. The molecular formula is C24H24ClN3O2. The van der Waals surface area contributed by atoms with E-state index in [4.69, 9.17) is 11.6 Å². The number of amides is 2. The molecule has 3 saturated heterocycles. The number of hydrogen-bond acceptors (Lipinski definition) is 4. The molecule has 0 spiro atoms. The van der Waals surface area contributed by atoms with Crippen molar-refractivity contribution in [1.29, 1.82) is 0 Å². The fraction of sp³-hybridized carbons (Fsp3) is 0.375. The van der Waals surface area contributed by atoms with E-state index >= 15 is 0 Å². The van der Waals surface area contributed by atoms with Gasteiger partial charge in [-0.3, -0.25) is 24.4 Å². The number of likely N-dealkylation sites (tertiary alicyclic amines) is 1. The van der Waals surface area contributed by atoms with Crippen molar-refractivity contribution in [3.8, 4) is 11.1 Å². The molecule has 1 aromatic carbocycles. The normalized spacial score (nSPS) is 28.9. The van der Waals surface area contributed by atoms with Crippen LogP contribution < -0.4 is 0 Å². The molecule has 0 bridgehead atoms. The topological polar surface area (TPSA) is 53.5 Å². The third kappa shape index (κ3) is 3.08. The highest BCUT2D eigenvalue weighted by molar-refractivity contribution is 6.33. The van der Waals surface area contributed by atoms with Crippen molar-refractivity contribution in [3.05, 3.63) is 59.4 Å². The van der Waals surface area contributed by atoms with Gasteiger partial charge in [-0.15, -0.1) is 0 Å². The number of pyridine rings is 1. The van der Waals surface area contributed by atoms with Gasteiger partial charge in [0.25, 0.3) is 0 Å². The Balaban J connectivity index is 1.41. The van der Waals surface area contributed by atoms with Gasteiger partial charge < -0.3 is 0 Å². The summed E-state index contributed by atoms with van der Waals surface area (Å²) in [5, 5.41) is 0.698. The number of fused-ring (bicyclic) bond motifs is 3. The summed E-state index contributed by atoms with van der Waals surface area (Å²) >= 11 is 6.29. The van der Waals surface area contributed by atoms with Gasteiger partial charge in [0.15, 0.2) is 0 Å². The molecule has 0 N–H and O–H groups in total. The summed E-state index contributed by atoms with van der Waals surface area (Å²) in [5.74, 6) is -0.534. The highest BCUT2D eigenvalue weighted by Gasteiger charge is 2.60. The molecule has 0 saturated carbocycles. The number of halogens is 1. The molecule has 4 atom stereocenters. The van der Waals surface area contributed by atoms with Gasteiger partial charge in [0.2, 0.25) is 11.8 Å². The van der Waals surface area contributed by atoms with Gasteiger partial charge in [0, 0.05) is 41.5 Å². The molecule has 5 rings (SSSR count). The summed E-state index contributed by atoms with van der Waals surface area (Å²) < 4.78 is 0. The Bertz CT molecular complexity index is 1020. The third-order valence-electron chi connectivity index (χ3n) is 6.81. The van der Waals surface area contributed by atoms with Crippen molar-refractivity contribution in [2.45, 2.75) is 31.3 Å². The largest absolute Gasteiger partial charge is 0.292 e. The Morgan fingerprint density at radius 2 is 1.87 bits per heavy atom. The van der Waals surface area contributed by atoms with Gasteiger partial charge in [0.1, 0.15) is 0 Å². The Hall–Kier alpha value is -2.50. The molecule has 2 aromatic rings. The van der Waals surface area contributed by atoms with Crippen molar-refractivity contribution in [2.24, 2.45) is 11.8 Å². The summed E-state index contributed by atoms with van der Waals surface area (Å²) in [5.41, 5.74) is 2.75. The number of aromatic nitrogens is 1. The summed E-state index contributed by atoms with van der Waals surface area (Å²) in [4.78, 5) is 33.8. The van der Waals surface area contributed by atoms with E-state index in [-0.39, 0.29) is 35.7 Å². The van der Waals surface area contributed by atoms with Crippen LogP contribution in [-0.4, -0.2) is 52.3 Å². The molecule has 1 aromatic heterocycles. The molecule has 30 heavy (non-hydrogen) atoms. The zero-order chi connectivity index (χ0) is 20.8. The highest BCUT2D eigenvalue weighted by atomic mass is 35.5. The van der Waals surface area contributed by atoms with Crippen LogP contribution in [0.1, 0.15) is 25.0 Å². The van der Waals surface area contributed by atoms with Gasteiger partial charge in [-0.2, -0.15) is 0 Å². The second-order valence-corrected chi connectivity index (χ2v) is 8.80. The summed E-state index contributed by atoms with van der Waals surface area (Å²) in [6.45, 7) is 0.940. The van der Waals surface area contributed by atoms with Crippen LogP contribution in [0.2, 0.25) is 5.02 Å². The molecule has 4 heterocycles. The van der Waals surface area contributed by atoms with E-state index in [0.717, 1.165) is 42.6 Å². The maximum Gasteiger partial charge on any atom is 0.234 e. The standard InChI is InChI=1S/C24H24ClN3O2/c1-27-23(29)21-19-8-4-5-13-28(19)20(22(21)24(27)30)12-11-16-10-9-15(14-26-16)17-6-2-3-7-18(17)25/h2-3,6-7,9-12,14,19-22H,4-5,8,13H2,1H3/b12-11+/t19-,20-,21-,22+/m0/s1. The lowest BCUT2D eigenvalue weighted by Gasteiger charge is -2.35. The molecular weight excluding hydrogens is 398 g/mol. The zero-order valence-electron chi connectivity index (χ0n) is 16.9. The van der Waals surface area contributed by atoms with Gasteiger partial charge >= 0.3 is 0 Å². The maximum absolute atomic E-state index is 12.8. The molecule has 3 aliphatic heterocycles. The van der Waals surface area contributed by atoms with Gasteiger partial charge in [-0.25, -0.2) is 0 Å². The number of benzene rings is 1.